The number of amides is 1. The predicted octanol–water partition coefficient (Wildman–Crippen LogP) is 5.95. The number of ether oxygens (including phenoxy) is 1. The quantitative estimate of drug-likeness (QED) is 0.399. The van der Waals surface area contributed by atoms with Gasteiger partial charge in [0.05, 0.1) is 17.3 Å². The first-order valence-electron chi connectivity index (χ1n) is 11.7. The summed E-state index contributed by atoms with van der Waals surface area (Å²) >= 11 is 13.6. The zero-order chi connectivity index (χ0) is 26.9. The summed E-state index contributed by atoms with van der Waals surface area (Å²) in [4.78, 5) is 43.4. The van der Waals surface area contributed by atoms with E-state index in [1.54, 1.807) is 48.2 Å². The van der Waals surface area contributed by atoms with Crippen LogP contribution in [-0.2, 0) is 24.5 Å². The van der Waals surface area contributed by atoms with E-state index in [1.807, 2.05) is 13.8 Å². The van der Waals surface area contributed by atoms with Crippen LogP contribution >= 0.6 is 43.5 Å². The molecule has 0 saturated carbocycles. The maximum absolute atomic E-state index is 14.1. The summed E-state index contributed by atoms with van der Waals surface area (Å²) in [5.74, 6) is -1.53. The number of nitrogens with two attached hydrogens (primary N) is 1. The third kappa shape index (κ3) is 3.85. The van der Waals surface area contributed by atoms with E-state index in [-0.39, 0.29) is 35.8 Å². The van der Waals surface area contributed by atoms with Gasteiger partial charge in [-0.25, -0.2) is 4.79 Å². The lowest BCUT2D eigenvalue weighted by atomic mass is 9.60. The first kappa shape index (κ1) is 26.0. The number of esters is 1. The fraction of sp³-hybridized carbons (Fsp3) is 0.296. The Bertz CT molecular complexity index is 1470. The van der Waals surface area contributed by atoms with Gasteiger partial charge in [-0.3, -0.25) is 14.5 Å². The van der Waals surface area contributed by atoms with E-state index in [0.29, 0.717) is 38.6 Å². The highest BCUT2D eigenvalue weighted by Gasteiger charge is 2.63. The summed E-state index contributed by atoms with van der Waals surface area (Å²) in [5.41, 5.74) is 6.78. The van der Waals surface area contributed by atoms with Crippen molar-refractivity contribution in [3.63, 3.8) is 0 Å². The van der Waals surface area contributed by atoms with E-state index in [1.165, 1.54) is 0 Å². The summed E-state index contributed by atoms with van der Waals surface area (Å²) in [6.07, 6.45) is 0.623. The van der Waals surface area contributed by atoms with Crippen LogP contribution in [0.3, 0.4) is 0 Å². The van der Waals surface area contributed by atoms with Gasteiger partial charge in [-0.2, -0.15) is 0 Å². The van der Waals surface area contributed by atoms with Crippen molar-refractivity contribution in [1.82, 2.24) is 0 Å². The number of hydrogen-bond donors (Lipinski definition) is 2. The van der Waals surface area contributed by atoms with Crippen molar-refractivity contribution in [2.24, 2.45) is 11.1 Å². The van der Waals surface area contributed by atoms with Crippen molar-refractivity contribution in [2.45, 2.75) is 39.0 Å². The maximum atomic E-state index is 14.1. The smallest absolute Gasteiger partial charge is 0.339 e. The molecule has 0 aromatic heterocycles. The molecule has 5 rings (SSSR count). The molecular weight excluding hydrogens is 626 g/mol. The number of benzene rings is 2. The third-order valence-corrected chi connectivity index (χ3v) is 8.26. The molecule has 2 aromatic rings. The van der Waals surface area contributed by atoms with Gasteiger partial charge in [-0.15, -0.1) is 0 Å². The van der Waals surface area contributed by atoms with Crippen LogP contribution in [0.1, 0.15) is 39.2 Å². The zero-order valence-electron chi connectivity index (χ0n) is 20.4. The van der Waals surface area contributed by atoms with Gasteiger partial charge in [0.15, 0.2) is 5.78 Å². The van der Waals surface area contributed by atoms with Gasteiger partial charge in [-0.05, 0) is 55.2 Å². The van der Waals surface area contributed by atoms with Crippen molar-refractivity contribution in [3.05, 3.63) is 78.6 Å². The van der Waals surface area contributed by atoms with Crippen molar-refractivity contribution < 1.29 is 19.1 Å². The largest absolute Gasteiger partial charge is 0.462 e. The van der Waals surface area contributed by atoms with Gasteiger partial charge >= 0.3 is 5.97 Å². The fourth-order valence-corrected chi connectivity index (χ4v) is 6.77. The number of halogens is 3. The second kappa shape index (κ2) is 8.99. The molecule has 3 N–H and O–H groups in total. The lowest BCUT2D eigenvalue weighted by Crippen LogP contribution is -2.54. The summed E-state index contributed by atoms with van der Waals surface area (Å²) in [6.45, 7) is 5.71. The molecule has 2 aromatic carbocycles. The molecule has 0 radical (unpaired) electrons. The number of carbonyl (C=O) groups excluding carboxylic acids is 3. The summed E-state index contributed by atoms with van der Waals surface area (Å²) in [7, 11) is 0. The number of anilines is 2. The Kier molecular flexibility index (Phi) is 6.32. The van der Waals surface area contributed by atoms with Gasteiger partial charge in [0, 0.05) is 37.9 Å². The highest BCUT2D eigenvalue weighted by molar-refractivity contribution is 9.10. The minimum absolute atomic E-state index is 0.00472. The number of Topliss-reactive ketones (excluding diaryl/α,β-unsaturated/α-hetero) is 1. The highest BCUT2D eigenvalue weighted by Crippen LogP contribution is 2.58. The lowest BCUT2D eigenvalue weighted by molar-refractivity contribution is -0.140. The number of nitrogens with zero attached hydrogens (tertiary/aromatic N) is 1. The summed E-state index contributed by atoms with van der Waals surface area (Å²) in [5, 5.41) is 3.25. The average Bonchev–Trinajstić information content (AvgIpc) is 3.05. The molecule has 1 amide bonds. The summed E-state index contributed by atoms with van der Waals surface area (Å²) < 4.78 is 6.90. The van der Waals surface area contributed by atoms with Crippen molar-refractivity contribution in [3.8, 4) is 0 Å². The minimum Gasteiger partial charge on any atom is -0.462 e. The maximum Gasteiger partial charge on any atom is 0.339 e. The average molecular weight is 650 g/mol. The summed E-state index contributed by atoms with van der Waals surface area (Å²) in [6, 6.07) is 10.5. The number of rotatable bonds is 3. The second-order valence-corrected chi connectivity index (χ2v) is 12.3. The molecule has 0 fully saturated rings. The Balaban J connectivity index is 1.94. The van der Waals surface area contributed by atoms with Crippen LogP contribution in [0.4, 0.5) is 11.4 Å². The number of hydrogen-bond acceptors (Lipinski definition) is 6. The number of fused-ring (bicyclic) bond motifs is 3. The molecular formula is C27H24Br2ClN3O4. The molecule has 10 heteroatoms. The molecule has 1 aliphatic carbocycles. The molecule has 0 bridgehead atoms. The first-order valence-corrected chi connectivity index (χ1v) is 13.7. The highest BCUT2D eigenvalue weighted by atomic mass is 79.9. The Labute approximate surface area is 236 Å². The number of nitrogens with one attached hydrogen (secondary N) is 1. The Morgan fingerprint density at radius 1 is 1.14 bits per heavy atom. The number of carbonyl (C=O) groups is 3. The monoisotopic (exact) mass is 647 g/mol. The van der Waals surface area contributed by atoms with Crippen LogP contribution in [0.25, 0.3) is 0 Å². The molecule has 7 nitrogen and oxygen atoms in total. The topological polar surface area (TPSA) is 102 Å². The van der Waals surface area contributed by atoms with Gasteiger partial charge in [-0.1, -0.05) is 57.3 Å². The fourth-order valence-electron chi connectivity index (χ4n) is 5.65. The number of allylic oxidation sites excluding steroid dienone is 1. The van der Waals surface area contributed by atoms with Crippen LogP contribution in [0.2, 0.25) is 5.02 Å². The Hall–Kier alpha value is -2.62. The standard InChI is InChI=1S/C27H24Br2ClN3O4/c1-4-37-24(35)22-23(31)33(18-8-6-14(29)10-16(18)30)19-11-26(2,3)12-20(34)21(19)27(22)15-9-13(28)5-7-17(15)32-25(27)36/h5-10H,4,11-12,31H2,1-3H3,(H,32,36). The van der Waals surface area contributed by atoms with Crippen LogP contribution in [-0.4, -0.2) is 24.3 Å². The number of ketones is 1. The van der Waals surface area contributed by atoms with Gasteiger partial charge < -0.3 is 15.8 Å². The SMILES string of the molecule is CCOC(=O)C1=C(N)N(c2ccc(Br)cc2Cl)C2=C(C(=O)CC(C)(C)C2)C12C(=O)Nc1ccc(Br)cc12. The predicted molar refractivity (Wildman–Crippen MR) is 149 cm³/mol. The molecule has 192 valence electrons. The van der Waals surface area contributed by atoms with E-state index in [2.05, 4.69) is 37.2 Å². The minimum atomic E-state index is -1.77. The van der Waals surface area contributed by atoms with Crippen LogP contribution in [0, 0.1) is 5.41 Å². The van der Waals surface area contributed by atoms with E-state index in [4.69, 9.17) is 22.1 Å². The van der Waals surface area contributed by atoms with Crippen molar-refractivity contribution in [1.29, 1.82) is 0 Å². The molecule has 3 aliphatic rings. The van der Waals surface area contributed by atoms with Crippen LogP contribution in [0.5, 0.6) is 0 Å². The normalized spacial score (nSPS) is 22.3. The molecule has 2 aliphatic heterocycles. The zero-order valence-corrected chi connectivity index (χ0v) is 24.3. The van der Waals surface area contributed by atoms with E-state index < -0.39 is 22.7 Å². The molecule has 1 atom stereocenters. The Morgan fingerprint density at radius 3 is 2.49 bits per heavy atom. The second-order valence-electron chi connectivity index (χ2n) is 10.1. The van der Waals surface area contributed by atoms with Crippen molar-refractivity contribution >= 4 is 72.5 Å². The van der Waals surface area contributed by atoms with E-state index in [0.717, 1.165) is 4.47 Å². The first-order chi connectivity index (χ1) is 17.4. The Morgan fingerprint density at radius 2 is 1.81 bits per heavy atom. The van der Waals surface area contributed by atoms with Crippen LogP contribution in [0.15, 0.2) is 68.0 Å². The molecule has 37 heavy (non-hydrogen) atoms. The van der Waals surface area contributed by atoms with Gasteiger partial charge in [0.25, 0.3) is 0 Å². The molecule has 2 heterocycles. The van der Waals surface area contributed by atoms with E-state index >= 15 is 0 Å². The molecule has 1 unspecified atom stereocenters. The van der Waals surface area contributed by atoms with Crippen molar-refractivity contribution in [2.75, 3.05) is 16.8 Å². The molecule has 0 saturated heterocycles. The lowest BCUT2D eigenvalue weighted by Gasteiger charge is -2.47. The molecule has 1 spiro atoms. The third-order valence-electron chi connectivity index (χ3n) is 6.97. The van der Waals surface area contributed by atoms with Gasteiger partial charge in [0.2, 0.25) is 5.91 Å². The van der Waals surface area contributed by atoms with E-state index in [9.17, 15) is 14.4 Å². The van der Waals surface area contributed by atoms with Crippen LogP contribution < -0.4 is 16.0 Å². The van der Waals surface area contributed by atoms with Gasteiger partial charge in [0.1, 0.15) is 16.8 Å².